The van der Waals surface area contributed by atoms with Crippen LogP contribution < -0.4 is 5.32 Å². The maximum Gasteiger partial charge on any atom is 0.411 e. The van der Waals surface area contributed by atoms with Crippen LogP contribution in [0.25, 0.3) is 5.57 Å². The smallest absolute Gasteiger partial charge is 0.411 e. The summed E-state index contributed by atoms with van der Waals surface area (Å²) in [6, 6.07) is 3.64. The van der Waals surface area contributed by atoms with E-state index in [1.165, 1.54) is 6.08 Å². The van der Waals surface area contributed by atoms with Crippen molar-refractivity contribution in [3.8, 4) is 0 Å². The van der Waals surface area contributed by atoms with Crippen LogP contribution in [-0.4, -0.2) is 47.9 Å². The Morgan fingerprint density at radius 2 is 2.04 bits per heavy atom. The van der Waals surface area contributed by atoms with Crippen LogP contribution in [-0.2, 0) is 4.74 Å². The molecule has 4 aliphatic rings. The molecule has 1 unspecified atom stereocenters. The Morgan fingerprint density at radius 3 is 2.72 bits per heavy atom. The minimum atomic E-state index is -1.05. The number of carbonyl (C=O) groups is 1. The van der Waals surface area contributed by atoms with Crippen LogP contribution in [0.3, 0.4) is 0 Å². The molecule has 1 aliphatic carbocycles. The van der Waals surface area contributed by atoms with Crippen molar-refractivity contribution in [1.82, 2.24) is 15.2 Å². The van der Waals surface area contributed by atoms with Crippen LogP contribution in [0.1, 0.15) is 24.8 Å². The average Bonchev–Trinajstić information content (AvgIpc) is 2.65. The Balaban J connectivity index is 1.47. The second kappa shape index (κ2) is 6.96. The standard InChI is InChI=1S/C19H22FN3O2/c20-15-1-2-17(16(11-15)13-3-7-21-8-4-13)22-19(24)25-18-12-23-9-5-14(18)6-10-23/h1-4,7-8,14-15,18H,5-6,9-12H2,(H,22,24)/t15?,18-/m0/s1. The van der Waals surface area contributed by atoms with Crippen LogP contribution in [0.15, 0.2) is 42.4 Å². The fraction of sp³-hybridized carbons (Fsp3) is 0.474. The van der Waals surface area contributed by atoms with Gasteiger partial charge in [-0.3, -0.25) is 15.2 Å². The van der Waals surface area contributed by atoms with Gasteiger partial charge in [0, 0.05) is 31.1 Å². The molecule has 1 aromatic rings. The van der Waals surface area contributed by atoms with Crippen molar-refractivity contribution in [3.63, 3.8) is 0 Å². The Bertz CT molecular complexity index is 696. The van der Waals surface area contributed by atoms with Gasteiger partial charge < -0.3 is 4.74 Å². The zero-order valence-electron chi connectivity index (χ0n) is 14.0. The zero-order valence-corrected chi connectivity index (χ0v) is 14.0. The van der Waals surface area contributed by atoms with Gasteiger partial charge in [0.25, 0.3) is 0 Å². The number of piperidine rings is 3. The molecule has 0 radical (unpaired) electrons. The van der Waals surface area contributed by atoms with Crippen molar-refractivity contribution >= 4 is 11.7 Å². The number of allylic oxidation sites excluding steroid dienone is 3. The number of nitrogens with zero attached hydrogens (tertiary/aromatic N) is 2. The number of halogens is 1. The van der Waals surface area contributed by atoms with E-state index in [9.17, 15) is 9.18 Å². The lowest BCUT2D eigenvalue weighted by atomic mass is 9.86. The largest absolute Gasteiger partial charge is 0.444 e. The molecular formula is C19H22FN3O2. The van der Waals surface area contributed by atoms with Gasteiger partial charge in [-0.15, -0.1) is 0 Å². The summed E-state index contributed by atoms with van der Waals surface area (Å²) < 4.78 is 19.5. The molecule has 2 atom stereocenters. The molecule has 25 heavy (non-hydrogen) atoms. The predicted molar refractivity (Wildman–Crippen MR) is 92.4 cm³/mol. The molecule has 1 amide bonds. The minimum absolute atomic E-state index is 0.0473. The van der Waals surface area contributed by atoms with Crippen molar-refractivity contribution in [3.05, 3.63) is 47.9 Å². The molecule has 0 spiro atoms. The SMILES string of the molecule is O=C(NC1=C(c2ccncc2)CC(F)C=C1)O[C@H]1CN2CCC1CC2. The Morgan fingerprint density at radius 1 is 1.28 bits per heavy atom. The Kier molecular flexibility index (Phi) is 4.53. The molecule has 5 nitrogen and oxygen atoms in total. The van der Waals surface area contributed by atoms with E-state index < -0.39 is 12.3 Å². The highest BCUT2D eigenvalue weighted by molar-refractivity contribution is 5.79. The van der Waals surface area contributed by atoms with Gasteiger partial charge in [0.15, 0.2) is 0 Å². The summed E-state index contributed by atoms with van der Waals surface area (Å²) in [6.07, 6.45) is 7.28. The molecule has 3 aliphatic heterocycles. The molecule has 0 aromatic carbocycles. The van der Waals surface area contributed by atoms with E-state index in [2.05, 4.69) is 15.2 Å². The lowest BCUT2D eigenvalue weighted by Crippen LogP contribution is -2.52. The maximum absolute atomic E-state index is 13.8. The molecule has 132 valence electrons. The molecular weight excluding hydrogens is 321 g/mol. The zero-order chi connectivity index (χ0) is 17.2. The van der Waals surface area contributed by atoms with Crippen molar-refractivity contribution in [1.29, 1.82) is 0 Å². The van der Waals surface area contributed by atoms with Gasteiger partial charge >= 0.3 is 6.09 Å². The van der Waals surface area contributed by atoms with E-state index in [0.29, 0.717) is 11.6 Å². The molecule has 2 bridgehead atoms. The summed E-state index contributed by atoms with van der Waals surface area (Å²) in [5, 5.41) is 2.82. The summed E-state index contributed by atoms with van der Waals surface area (Å²) >= 11 is 0. The molecule has 0 saturated carbocycles. The normalized spacial score (nSPS) is 31.1. The second-order valence-corrected chi connectivity index (χ2v) is 6.91. The third-order valence-electron chi connectivity index (χ3n) is 5.32. The van der Waals surface area contributed by atoms with E-state index in [4.69, 9.17) is 4.74 Å². The van der Waals surface area contributed by atoms with Crippen molar-refractivity contribution in [2.75, 3.05) is 19.6 Å². The minimum Gasteiger partial charge on any atom is -0.444 e. The first-order chi connectivity index (χ1) is 12.2. The number of hydrogen-bond donors (Lipinski definition) is 1. The first kappa shape index (κ1) is 16.3. The van der Waals surface area contributed by atoms with E-state index >= 15 is 0 Å². The van der Waals surface area contributed by atoms with Gasteiger partial charge in [0.1, 0.15) is 12.3 Å². The molecule has 1 N–H and O–H groups in total. The van der Waals surface area contributed by atoms with Gasteiger partial charge in [0.2, 0.25) is 0 Å². The summed E-state index contributed by atoms with van der Waals surface area (Å²) in [5.74, 6) is 0.460. The van der Waals surface area contributed by atoms with E-state index in [1.54, 1.807) is 18.5 Å². The Labute approximate surface area is 146 Å². The number of alkyl halides is 1. The van der Waals surface area contributed by atoms with E-state index in [-0.39, 0.29) is 12.5 Å². The fourth-order valence-corrected chi connectivity index (χ4v) is 3.94. The van der Waals surface area contributed by atoms with Gasteiger partial charge in [-0.25, -0.2) is 9.18 Å². The summed E-state index contributed by atoms with van der Waals surface area (Å²) in [5.41, 5.74) is 2.23. The molecule has 4 heterocycles. The van der Waals surface area contributed by atoms with Crippen molar-refractivity contribution in [2.24, 2.45) is 5.92 Å². The molecule has 3 fully saturated rings. The highest BCUT2D eigenvalue weighted by atomic mass is 19.1. The number of amides is 1. The van der Waals surface area contributed by atoms with Gasteiger partial charge in [0.05, 0.1) is 0 Å². The highest BCUT2D eigenvalue weighted by Gasteiger charge is 2.36. The number of fused-ring (bicyclic) bond motifs is 3. The van der Waals surface area contributed by atoms with Crippen LogP contribution in [0.4, 0.5) is 9.18 Å². The number of ether oxygens (including phenoxy) is 1. The van der Waals surface area contributed by atoms with E-state index in [1.807, 2.05) is 12.1 Å². The first-order valence-corrected chi connectivity index (χ1v) is 8.85. The second-order valence-electron chi connectivity index (χ2n) is 6.91. The number of rotatable bonds is 3. The third-order valence-corrected chi connectivity index (χ3v) is 5.32. The van der Waals surface area contributed by atoms with Crippen molar-refractivity contribution in [2.45, 2.75) is 31.5 Å². The average molecular weight is 343 g/mol. The van der Waals surface area contributed by atoms with Crippen LogP contribution in [0.2, 0.25) is 0 Å². The Hall–Kier alpha value is -2.21. The summed E-state index contributed by atoms with van der Waals surface area (Å²) in [6.45, 7) is 3.02. The predicted octanol–water partition coefficient (Wildman–Crippen LogP) is 2.91. The van der Waals surface area contributed by atoms with E-state index in [0.717, 1.165) is 43.6 Å². The number of alkyl carbamates (subject to hydrolysis) is 1. The number of nitrogens with one attached hydrogen (secondary N) is 1. The number of aromatic nitrogens is 1. The van der Waals surface area contributed by atoms with Crippen LogP contribution >= 0.6 is 0 Å². The summed E-state index contributed by atoms with van der Waals surface area (Å²) in [7, 11) is 0. The van der Waals surface area contributed by atoms with Gasteiger partial charge in [-0.05, 0) is 67.3 Å². The maximum atomic E-state index is 13.8. The first-order valence-electron chi connectivity index (χ1n) is 8.85. The number of pyridine rings is 1. The fourth-order valence-electron chi connectivity index (χ4n) is 3.94. The lowest BCUT2D eigenvalue weighted by molar-refractivity contribution is -0.0324. The van der Waals surface area contributed by atoms with Crippen LogP contribution in [0, 0.1) is 5.92 Å². The molecule has 3 saturated heterocycles. The quantitative estimate of drug-likeness (QED) is 0.917. The topological polar surface area (TPSA) is 54.5 Å². The molecule has 5 rings (SSSR count). The lowest BCUT2D eigenvalue weighted by Gasteiger charge is -2.43. The molecule has 6 heteroatoms. The number of carbonyl (C=O) groups excluding carboxylic acids is 1. The summed E-state index contributed by atoms with van der Waals surface area (Å²) in [4.78, 5) is 18.7. The third kappa shape index (κ3) is 3.58. The molecule has 1 aromatic heterocycles. The van der Waals surface area contributed by atoms with Crippen molar-refractivity contribution < 1.29 is 13.9 Å². The highest BCUT2D eigenvalue weighted by Crippen LogP contribution is 2.31. The van der Waals surface area contributed by atoms with Crippen LogP contribution in [0.5, 0.6) is 0 Å². The van der Waals surface area contributed by atoms with Gasteiger partial charge in [-0.1, -0.05) is 0 Å². The van der Waals surface area contributed by atoms with Gasteiger partial charge in [-0.2, -0.15) is 0 Å². The monoisotopic (exact) mass is 343 g/mol. The number of hydrogen-bond acceptors (Lipinski definition) is 4.